The Morgan fingerprint density at radius 2 is 2.25 bits per heavy atom. The lowest BCUT2D eigenvalue weighted by atomic mass is 10.3. The number of sulfone groups is 1. The van der Waals surface area contributed by atoms with Crippen LogP contribution < -0.4 is 5.73 Å². The molecular weight excluding hydrogens is 280 g/mol. The van der Waals surface area contributed by atoms with Gasteiger partial charge in [0.15, 0.2) is 15.4 Å². The summed E-state index contributed by atoms with van der Waals surface area (Å²) in [4.78, 5) is 4.17. The fraction of sp³-hybridized carbons (Fsp3) is 0.462. The first kappa shape index (κ1) is 13.4. The van der Waals surface area contributed by atoms with Gasteiger partial charge >= 0.3 is 0 Å². The molecule has 108 valence electrons. The van der Waals surface area contributed by atoms with E-state index in [-0.39, 0.29) is 23.5 Å². The van der Waals surface area contributed by atoms with Gasteiger partial charge in [0.1, 0.15) is 11.3 Å². The van der Waals surface area contributed by atoms with Gasteiger partial charge in [-0.1, -0.05) is 0 Å². The topological polar surface area (TPSA) is 95.4 Å². The van der Waals surface area contributed by atoms with E-state index in [0.717, 1.165) is 12.8 Å². The van der Waals surface area contributed by atoms with Crippen LogP contribution >= 0.6 is 0 Å². The molecule has 3 rings (SSSR count). The molecule has 7 heteroatoms. The SMILES string of the molecule is Nc1ccc2oc(CS(=O)(=O)CC3CCCO3)nc2c1. The van der Waals surface area contributed by atoms with Crippen molar-refractivity contribution in [2.24, 2.45) is 0 Å². The normalized spacial score (nSPS) is 19.7. The lowest BCUT2D eigenvalue weighted by molar-refractivity contribution is 0.127. The van der Waals surface area contributed by atoms with Crippen LogP contribution in [0.25, 0.3) is 11.1 Å². The van der Waals surface area contributed by atoms with Crippen LogP contribution in [0, 0.1) is 0 Å². The van der Waals surface area contributed by atoms with Gasteiger partial charge in [-0.2, -0.15) is 0 Å². The molecule has 1 unspecified atom stereocenters. The highest BCUT2D eigenvalue weighted by atomic mass is 32.2. The number of aromatic nitrogens is 1. The van der Waals surface area contributed by atoms with Crippen LogP contribution in [0.3, 0.4) is 0 Å². The third-order valence-corrected chi connectivity index (χ3v) is 4.83. The number of hydrogen-bond donors (Lipinski definition) is 1. The molecule has 0 aliphatic carbocycles. The Labute approximate surface area is 116 Å². The number of nitrogen functional groups attached to an aromatic ring is 1. The summed E-state index contributed by atoms with van der Waals surface area (Å²) in [5.41, 5.74) is 7.34. The molecule has 0 spiro atoms. The van der Waals surface area contributed by atoms with E-state index in [4.69, 9.17) is 14.9 Å². The molecule has 6 nitrogen and oxygen atoms in total. The second-order valence-electron chi connectivity index (χ2n) is 5.02. The van der Waals surface area contributed by atoms with Crippen LogP contribution in [0.15, 0.2) is 22.6 Å². The van der Waals surface area contributed by atoms with Crippen LogP contribution in [-0.2, 0) is 20.3 Å². The van der Waals surface area contributed by atoms with Gasteiger partial charge in [-0.25, -0.2) is 13.4 Å². The van der Waals surface area contributed by atoms with Crippen molar-refractivity contribution in [2.75, 3.05) is 18.1 Å². The standard InChI is InChI=1S/C13H16N2O4S/c14-9-3-4-12-11(6-9)15-13(19-12)8-20(16,17)7-10-2-1-5-18-10/h3-4,6,10H,1-2,5,7-8,14H2. The van der Waals surface area contributed by atoms with Gasteiger partial charge in [0.25, 0.3) is 0 Å². The molecule has 0 radical (unpaired) electrons. The van der Waals surface area contributed by atoms with E-state index in [1.165, 1.54) is 0 Å². The van der Waals surface area contributed by atoms with Crippen LogP contribution in [0.5, 0.6) is 0 Å². The minimum absolute atomic E-state index is 0.0217. The van der Waals surface area contributed by atoms with Gasteiger partial charge in [-0.05, 0) is 31.0 Å². The van der Waals surface area contributed by atoms with E-state index in [0.29, 0.717) is 23.4 Å². The second-order valence-corrected chi connectivity index (χ2v) is 7.13. The Kier molecular flexibility index (Phi) is 3.39. The Balaban J connectivity index is 1.77. The molecule has 2 N–H and O–H groups in total. The first-order chi connectivity index (χ1) is 9.52. The van der Waals surface area contributed by atoms with Crippen molar-refractivity contribution in [3.63, 3.8) is 0 Å². The maximum atomic E-state index is 12.1. The molecule has 2 heterocycles. The molecule has 1 fully saturated rings. The van der Waals surface area contributed by atoms with Crippen LogP contribution in [-0.4, -0.2) is 31.9 Å². The van der Waals surface area contributed by atoms with Gasteiger partial charge in [-0.3, -0.25) is 0 Å². The summed E-state index contributed by atoms with van der Waals surface area (Å²) in [5, 5.41) is 0. The van der Waals surface area contributed by atoms with Crippen molar-refractivity contribution in [3.05, 3.63) is 24.1 Å². The smallest absolute Gasteiger partial charge is 0.210 e. The summed E-state index contributed by atoms with van der Waals surface area (Å²) in [6, 6.07) is 5.04. The number of ether oxygens (including phenoxy) is 1. The zero-order valence-electron chi connectivity index (χ0n) is 10.9. The molecule has 20 heavy (non-hydrogen) atoms. The molecular formula is C13H16N2O4S. The van der Waals surface area contributed by atoms with Crippen LogP contribution in [0.4, 0.5) is 5.69 Å². The molecule has 1 aliphatic heterocycles. The van der Waals surface area contributed by atoms with E-state index in [9.17, 15) is 8.42 Å². The van der Waals surface area contributed by atoms with E-state index in [1.807, 2.05) is 0 Å². The zero-order valence-corrected chi connectivity index (χ0v) is 11.7. The number of rotatable bonds is 4. The highest BCUT2D eigenvalue weighted by molar-refractivity contribution is 7.90. The Hall–Kier alpha value is -1.60. The molecule has 1 atom stereocenters. The van der Waals surface area contributed by atoms with E-state index in [1.54, 1.807) is 18.2 Å². The third-order valence-electron chi connectivity index (χ3n) is 3.26. The van der Waals surface area contributed by atoms with Gasteiger partial charge in [0.2, 0.25) is 5.89 Å². The first-order valence-electron chi connectivity index (χ1n) is 6.49. The van der Waals surface area contributed by atoms with Crippen molar-refractivity contribution >= 4 is 26.6 Å². The summed E-state index contributed by atoms with van der Waals surface area (Å²) in [7, 11) is -3.29. The molecule has 1 aromatic carbocycles. The average molecular weight is 296 g/mol. The predicted molar refractivity (Wildman–Crippen MR) is 74.9 cm³/mol. The van der Waals surface area contributed by atoms with Crippen molar-refractivity contribution in [1.82, 2.24) is 4.98 Å². The molecule has 0 saturated carbocycles. The quantitative estimate of drug-likeness (QED) is 0.859. The lowest BCUT2D eigenvalue weighted by Crippen LogP contribution is -2.21. The summed E-state index contributed by atoms with van der Waals surface area (Å²) in [6.07, 6.45) is 1.52. The Morgan fingerprint density at radius 1 is 1.40 bits per heavy atom. The summed E-state index contributed by atoms with van der Waals surface area (Å²) >= 11 is 0. The van der Waals surface area contributed by atoms with Crippen molar-refractivity contribution < 1.29 is 17.6 Å². The monoisotopic (exact) mass is 296 g/mol. The Bertz CT molecular complexity index is 717. The fourth-order valence-electron chi connectivity index (χ4n) is 2.36. The van der Waals surface area contributed by atoms with E-state index >= 15 is 0 Å². The predicted octanol–water partition coefficient (Wildman–Crippen LogP) is 1.50. The molecule has 0 bridgehead atoms. The third kappa shape index (κ3) is 2.94. The molecule has 1 aromatic heterocycles. The first-order valence-corrected chi connectivity index (χ1v) is 8.31. The highest BCUT2D eigenvalue weighted by Crippen LogP contribution is 2.21. The van der Waals surface area contributed by atoms with Gasteiger partial charge in [-0.15, -0.1) is 0 Å². The number of anilines is 1. The largest absolute Gasteiger partial charge is 0.440 e. The van der Waals surface area contributed by atoms with Crippen LogP contribution in [0.2, 0.25) is 0 Å². The number of fused-ring (bicyclic) bond motifs is 1. The summed E-state index contributed by atoms with van der Waals surface area (Å²) < 4.78 is 35.0. The number of nitrogens with zero attached hydrogens (tertiary/aromatic N) is 1. The number of nitrogens with two attached hydrogens (primary N) is 1. The summed E-state index contributed by atoms with van der Waals surface area (Å²) in [5.74, 6) is 0.0126. The van der Waals surface area contributed by atoms with Gasteiger partial charge < -0.3 is 14.9 Å². The van der Waals surface area contributed by atoms with Crippen molar-refractivity contribution in [2.45, 2.75) is 24.7 Å². The number of oxazole rings is 1. The minimum Gasteiger partial charge on any atom is -0.440 e. The molecule has 0 amide bonds. The van der Waals surface area contributed by atoms with E-state index < -0.39 is 9.84 Å². The lowest BCUT2D eigenvalue weighted by Gasteiger charge is -2.08. The maximum Gasteiger partial charge on any atom is 0.210 e. The second kappa shape index (κ2) is 5.06. The number of benzene rings is 1. The molecule has 2 aromatic rings. The number of hydrogen-bond acceptors (Lipinski definition) is 6. The van der Waals surface area contributed by atoms with Crippen LogP contribution in [0.1, 0.15) is 18.7 Å². The molecule has 1 saturated heterocycles. The zero-order chi connectivity index (χ0) is 14.2. The molecule has 1 aliphatic rings. The van der Waals surface area contributed by atoms with Gasteiger partial charge in [0.05, 0.1) is 11.9 Å². The van der Waals surface area contributed by atoms with E-state index in [2.05, 4.69) is 4.98 Å². The van der Waals surface area contributed by atoms with Crippen molar-refractivity contribution in [1.29, 1.82) is 0 Å². The maximum absolute atomic E-state index is 12.1. The Morgan fingerprint density at radius 3 is 3.00 bits per heavy atom. The summed E-state index contributed by atoms with van der Waals surface area (Å²) in [6.45, 7) is 0.641. The average Bonchev–Trinajstić information content (AvgIpc) is 2.96. The van der Waals surface area contributed by atoms with Crippen molar-refractivity contribution in [3.8, 4) is 0 Å². The highest BCUT2D eigenvalue weighted by Gasteiger charge is 2.25. The fourth-order valence-corrected chi connectivity index (χ4v) is 3.81. The van der Waals surface area contributed by atoms with Gasteiger partial charge in [0, 0.05) is 12.3 Å². The minimum atomic E-state index is -3.29.